The van der Waals surface area contributed by atoms with E-state index in [0.29, 0.717) is 24.3 Å². The molecule has 1 aromatic rings. The summed E-state index contributed by atoms with van der Waals surface area (Å²) in [5.41, 5.74) is 0.652. The average molecular weight is 221 g/mol. The van der Waals surface area contributed by atoms with Crippen LogP contribution in [-0.2, 0) is 4.79 Å². The van der Waals surface area contributed by atoms with Gasteiger partial charge in [0.15, 0.2) is 5.78 Å². The van der Waals surface area contributed by atoms with Crippen LogP contribution in [0, 0.1) is 0 Å². The van der Waals surface area contributed by atoms with Crippen molar-refractivity contribution in [3.05, 3.63) is 29.8 Å². The maximum Gasteiger partial charge on any atom is 0.223 e. The van der Waals surface area contributed by atoms with Crippen LogP contribution in [0.3, 0.4) is 0 Å². The Balaban J connectivity index is 2.43. The molecule has 4 heteroatoms. The van der Waals surface area contributed by atoms with E-state index < -0.39 is 0 Å². The van der Waals surface area contributed by atoms with Crippen molar-refractivity contribution < 1.29 is 14.3 Å². The zero-order valence-electron chi connectivity index (χ0n) is 9.45. The van der Waals surface area contributed by atoms with Gasteiger partial charge in [0, 0.05) is 12.6 Å². The lowest BCUT2D eigenvalue weighted by Gasteiger charge is -2.05. The first-order chi connectivity index (χ1) is 7.63. The Morgan fingerprint density at radius 1 is 1.25 bits per heavy atom. The largest absolute Gasteiger partial charge is 0.493 e. The standard InChI is InChI=1S/C12H15NO3/c1-9(14)10-3-5-11(6-4-10)16-8-7-12(15)13-2/h3-6H,7-8H2,1-2H3,(H,13,15). The predicted molar refractivity (Wildman–Crippen MR) is 60.6 cm³/mol. The van der Waals surface area contributed by atoms with Crippen molar-refractivity contribution in [3.8, 4) is 5.75 Å². The third-order valence-corrected chi connectivity index (χ3v) is 2.14. The molecular weight excluding hydrogens is 206 g/mol. The van der Waals surface area contributed by atoms with Gasteiger partial charge < -0.3 is 10.1 Å². The molecular formula is C12H15NO3. The summed E-state index contributed by atoms with van der Waals surface area (Å²) in [4.78, 5) is 21.9. The first-order valence-electron chi connectivity index (χ1n) is 5.08. The Morgan fingerprint density at radius 2 is 1.88 bits per heavy atom. The lowest BCUT2D eigenvalue weighted by molar-refractivity contribution is -0.121. The predicted octanol–water partition coefficient (Wildman–Crippen LogP) is 1.40. The van der Waals surface area contributed by atoms with Gasteiger partial charge in [-0.15, -0.1) is 0 Å². The Bertz CT molecular complexity index is 370. The van der Waals surface area contributed by atoms with Gasteiger partial charge in [-0.1, -0.05) is 0 Å². The van der Waals surface area contributed by atoms with Crippen LogP contribution in [0.15, 0.2) is 24.3 Å². The zero-order chi connectivity index (χ0) is 12.0. The van der Waals surface area contributed by atoms with Crippen molar-refractivity contribution >= 4 is 11.7 Å². The summed E-state index contributed by atoms with van der Waals surface area (Å²) < 4.78 is 5.34. The van der Waals surface area contributed by atoms with Gasteiger partial charge in [0.05, 0.1) is 13.0 Å². The van der Waals surface area contributed by atoms with Gasteiger partial charge in [-0.25, -0.2) is 0 Å². The molecule has 1 N–H and O–H groups in total. The van der Waals surface area contributed by atoms with E-state index >= 15 is 0 Å². The molecule has 16 heavy (non-hydrogen) atoms. The van der Waals surface area contributed by atoms with Crippen LogP contribution in [0.25, 0.3) is 0 Å². The average Bonchev–Trinajstić information content (AvgIpc) is 2.29. The number of amides is 1. The molecule has 0 aliphatic heterocycles. The minimum Gasteiger partial charge on any atom is -0.493 e. The van der Waals surface area contributed by atoms with E-state index in [9.17, 15) is 9.59 Å². The highest BCUT2D eigenvalue weighted by molar-refractivity contribution is 5.94. The van der Waals surface area contributed by atoms with Crippen LogP contribution in [-0.4, -0.2) is 25.3 Å². The van der Waals surface area contributed by atoms with Crippen LogP contribution in [0.1, 0.15) is 23.7 Å². The minimum absolute atomic E-state index is 0.0249. The molecule has 0 spiro atoms. The Kier molecular flexibility index (Phi) is 4.51. The molecule has 0 atom stereocenters. The summed E-state index contributed by atoms with van der Waals surface area (Å²) in [5.74, 6) is 0.631. The lowest BCUT2D eigenvalue weighted by atomic mass is 10.1. The molecule has 86 valence electrons. The number of rotatable bonds is 5. The van der Waals surface area contributed by atoms with E-state index in [0.717, 1.165) is 0 Å². The van der Waals surface area contributed by atoms with Crippen LogP contribution in [0.2, 0.25) is 0 Å². The maximum absolute atomic E-state index is 11.0. The number of Topliss-reactive ketones (excluding diaryl/α,β-unsaturated/α-hetero) is 1. The summed E-state index contributed by atoms with van der Waals surface area (Å²) in [6, 6.07) is 6.86. The van der Waals surface area contributed by atoms with E-state index in [1.807, 2.05) is 0 Å². The van der Waals surface area contributed by atoms with Crippen molar-refractivity contribution in [2.75, 3.05) is 13.7 Å². The van der Waals surface area contributed by atoms with Crippen molar-refractivity contribution in [2.45, 2.75) is 13.3 Å². The first-order valence-corrected chi connectivity index (χ1v) is 5.08. The van der Waals surface area contributed by atoms with Crippen molar-refractivity contribution in [1.82, 2.24) is 5.32 Å². The van der Waals surface area contributed by atoms with Gasteiger partial charge in [0.2, 0.25) is 5.91 Å². The Morgan fingerprint density at radius 3 is 2.38 bits per heavy atom. The summed E-state index contributed by atoms with van der Waals surface area (Å²) in [5, 5.41) is 2.51. The summed E-state index contributed by atoms with van der Waals surface area (Å²) in [7, 11) is 1.59. The number of ether oxygens (including phenoxy) is 1. The fraction of sp³-hybridized carbons (Fsp3) is 0.333. The second kappa shape index (κ2) is 5.90. The molecule has 1 amide bonds. The fourth-order valence-electron chi connectivity index (χ4n) is 1.17. The number of carbonyl (C=O) groups excluding carboxylic acids is 2. The number of benzene rings is 1. The van der Waals surface area contributed by atoms with E-state index in [1.54, 1.807) is 31.3 Å². The molecule has 0 aliphatic carbocycles. The highest BCUT2D eigenvalue weighted by Crippen LogP contribution is 2.12. The van der Waals surface area contributed by atoms with Crippen LogP contribution < -0.4 is 10.1 Å². The summed E-state index contributed by atoms with van der Waals surface area (Å²) in [6.07, 6.45) is 0.324. The third kappa shape index (κ3) is 3.73. The topological polar surface area (TPSA) is 55.4 Å². The van der Waals surface area contributed by atoms with Crippen molar-refractivity contribution in [3.63, 3.8) is 0 Å². The van der Waals surface area contributed by atoms with E-state index in [1.165, 1.54) is 6.92 Å². The molecule has 0 aliphatic rings. The van der Waals surface area contributed by atoms with Gasteiger partial charge in [0.1, 0.15) is 5.75 Å². The fourth-order valence-corrected chi connectivity index (χ4v) is 1.17. The van der Waals surface area contributed by atoms with E-state index in [4.69, 9.17) is 4.74 Å². The first kappa shape index (κ1) is 12.2. The molecule has 0 saturated carbocycles. The molecule has 1 rings (SSSR count). The van der Waals surface area contributed by atoms with E-state index in [-0.39, 0.29) is 11.7 Å². The number of nitrogens with one attached hydrogen (secondary N) is 1. The molecule has 0 unspecified atom stereocenters. The molecule has 0 radical (unpaired) electrons. The minimum atomic E-state index is -0.0552. The molecule has 0 bridgehead atoms. The molecule has 1 aromatic carbocycles. The van der Waals surface area contributed by atoms with Crippen LogP contribution in [0.4, 0.5) is 0 Å². The van der Waals surface area contributed by atoms with Gasteiger partial charge in [-0.3, -0.25) is 9.59 Å². The highest BCUT2D eigenvalue weighted by Gasteiger charge is 2.01. The summed E-state index contributed by atoms with van der Waals surface area (Å²) >= 11 is 0. The van der Waals surface area contributed by atoms with Crippen molar-refractivity contribution in [2.24, 2.45) is 0 Å². The number of hydrogen-bond donors (Lipinski definition) is 1. The SMILES string of the molecule is CNC(=O)CCOc1ccc(C(C)=O)cc1. The van der Waals surface area contributed by atoms with Gasteiger partial charge in [-0.05, 0) is 31.2 Å². The molecule has 0 fully saturated rings. The van der Waals surface area contributed by atoms with Crippen molar-refractivity contribution in [1.29, 1.82) is 0 Å². The summed E-state index contributed by atoms with van der Waals surface area (Å²) in [6.45, 7) is 1.85. The number of hydrogen-bond acceptors (Lipinski definition) is 3. The van der Waals surface area contributed by atoms with Gasteiger partial charge in [0.25, 0.3) is 0 Å². The van der Waals surface area contributed by atoms with Gasteiger partial charge >= 0.3 is 0 Å². The Hall–Kier alpha value is -1.84. The lowest BCUT2D eigenvalue weighted by Crippen LogP contribution is -2.20. The maximum atomic E-state index is 11.0. The van der Waals surface area contributed by atoms with E-state index in [2.05, 4.69) is 5.32 Å². The third-order valence-electron chi connectivity index (χ3n) is 2.14. The van der Waals surface area contributed by atoms with Gasteiger partial charge in [-0.2, -0.15) is 0 Å². The second-order valence-electron chi connectivity index (χ2n) is 3.35. The number of ketones is 1. The van der Waals surface area contributed by atoms with Crippen LogP contribution >= 0.6 is 0 Å². The highest BCUT2D eigenvalue weighted by atomic mass is 16.5. The molecule has 0 heterocycles. The second-order valence-corrected chi connectivity index (χ2v) is 3.35. The molecule has 4 nitrogen and oxygen atoms in total. The number of carbonyl (C=O) groups is 2. The zero-order valence-corrected chi connectivity index (χ0v) is 9.45. The quantitative estimate of drug-likeness (QED) is 0.765. The molecule has 0 aromatic heterocycles. The smallest absolute Gasteiger partial charge is 0.223 e. The normalized spacial score (nSPS) is 9.62. The monoisotopic (exact) mass is 221 g/mol. The Labute approximate surface area is 94.6 Å². The van der Waals surface area contributed by atoms with Crippen LogP contribution in [0.5, 0.6) is 5.75 Å². The molecule has 0 saturated heterocycles.